The number of fused-ring (bicyclic) bond motifs is 1. The Bertz CT molecular complexity index is 767. The van der Waals surface area contributed by atoms with Crippen LogP contribution in [0.3, 0.4) is 0 Å². The monoisotopic (exact) mass is 344 g/mol. The van der Waals surface area contributed by atoms with Crippen molar-refractivity contribution < 1.29 is 4.79 Å². The summed E-state index contributed by atoms with van der Waals surface area (Å²) in [6.45, 7) is 6.51. The van der Waals surface area contributed by atoms with E-state index in [4.69, 9.17) is 0 Å². The highest BCUT2D eigenvalue weighted by Crippen LogP contribution is 2.08. The summed E-state index contributed by atoms with van der Waals surface area (Å²) < 4.78 is 0. The van der Waals surface area contributed by atoms with Gasteiger partial charge in [-0.15, -0.1) is 0 Å². The van der Waals surface area contributed by atoms with Crippen molar-refractivity contribution in [2.24, 2.45) is 5.92 Å². The smallest absolute Gasteiger partial charge is 0.258 e. The minimum Gasteiger partial charge on any atom is -0.341 e. The number of nitrogens with one attached hydrogen (secondary N) is 1. The molecule has 0 saturated heterocycles. The van der Waals surface area contributed by atoms with E-state index in [9.17, 15) is 9.59 Å². The quantitative estimate of drug-likeness (QED) is 0.794. The molecule has 2 rings (SSSR count). The molecule has 6 heteroatoms. The fourth-order valence-electron chi connectivity index (χ4n) is 2.72. The van der Waals surface area contributed by atoms with Gasteiger partial charge in [0.25, 0.3) is 5.56 Å². The van der Waals surface area contributed by atoms with Crippen LogP contribution in [0.1, 0.15) is 26.1 Å². The minimum absolute atomic E-state index is 0.103. The predicted octanol–water partition coefficient (Wildman–Crippen LogP) is 1.90. The molecule has 0 radical (unpaired) electrons. The summed E-state index contributed by atoms with van der Waals surface area (Å²) in [5, 5.41) is 0.574. The average Bonchev–Trinajstić information content (AvgIpc) is 2.56. The average molecular weight is 344 g/mol. The lowest BCUT2D eigenvalue weighted by Crippen LogP contribution is -2.39. The molecule has 0 unspecified atom stereocenters. The first-order valence-corrected chi connectivity index (χ1v) is 8.77. The van der Waals surface area contributed by atoms with Crippen LogP contribution in [0.25, 0.3) is 10.9 Å². The molecule has 1 N–H and O–H groups in total. The van der Waals surface area contributed by atoms with E-state index >= 15 is 0 Å². The van der Waals surface area contributed by atoms with Crippen LogP contribution in [0.4, 0.5) is 0 Å². The minimum atomic E-state index is -0.153. The molecule has 2 aromatic rings. The van der Waals surface area contributed by atoms with Crippen molar-refractivity contribution in [3.8, 4) is 0 Å². The van der Waals surface area contributed by atoms with Gasteiger partial charge in [-0.25, -0.2) is 4.98 Å². The van der Waals surface area contributed by atoms with Crippen LogP contribution >= 0.6 is 0 Å². The first-order valence-electron chi connectivity index (χ1n) is 8.77. The lowest BCUT2D eigenvalue weighted by Gasteiger charge is -2.26. The molecular weight excluding hydrogens is 316 g/mol. The van der Waals surface area contributed by atoms with Crippen molar-refractivity contribution >= 4 is 16.8 Å². The predicted molar refractivity (Wildman–Crippen MR) is 101 cm³/mol. The second-order valence-corrected chi connectivity index (χ2v) is 7.07. The second-order valence-electron chi connectivity index (χ2n) is 7.07. The van der Waals surface area contributed by atoms with Crippen LogP contribution in [-0.2, 0) is 11.2 Å². The maximum atomic E-state index is 12.6. The van der Waals surface area contributed by atoms with Crippen LogP contribution in [0, 0.1) is 5.92 Å². The summed E-state index contributed by atoms with van der Waals surface area (Å²) in [6, 6.07) is 7.24. The highest BCUT2D eigenvalue weighted by molar-refractivity contribution is 5.78. The summed E-state index contributed by atoms with van der Waals surface area (Å²) in [4.78, 5) is 35.9. The number of nitrogens with zero attached hydrogens (tertiary/aromatic N) is 3. The standard InChI is InChI=1S/C19H28N4O2/c1-14(2)13-23(12-11-22(3)4)18(24)10-9-17-20-16-8-6-5-7-15(16)19(25)21-17/h5-8,14H,9-13H2,1-4H3,(H,20,21,25). The number of carbonyl (C=O) groups excluding carboxylic acids is 1. The van der Waals surface area contributed by atoms with E-state index in [1.165, 1.54) is 0 Å². The highest BCUT2D eigenvalue weighted by atomic mass is 16.2. The molecule has 6 nitrogen and oxygen atoms in total. The number of rotatable bonds is 8. The summed E-state index contributed by atoms with van der Waals surface area (Å²) in [7, 11) is 4.00. The molecule has 0 atom stereocenters. The molecule has 0 bridgehead atoms. The Hall–Kier alpha value is -2.21. The Balaban J connectivity index is 2.04. The van der Waals surface area contributed by atoms with Crippen LogP contribution in [0.5, 0.6) is 0 Å². The molecule has 1 heterocycles. The fraction of sp³-hybridized carbons (Fsp3) is 0.526. The number of H-pyrrole nitrogens is 1. The molecule has 1 amide bonds. The number of amides is 1. The maximum Gasteiger partial charge on any atom is 0.258 e. The molecule has 0 fully saturated rings. The van der Waals surface area contributed by atoms with E-state index < -0.39 is 0 Å². The Labute approximate surface area is 148 Å². The second kappa shape index (κ2) is 8.76. The third-order valence-electron chi connectivity index (χ3n) is 3.99. The molecule has 0 spiro atoms. The highest BCUT2D eigenvalue weighted by Gasteiger charge is 2.16. The van der Waals surface area contributed by atoms with Crippen molar-refractivity contribution in [3.63, 3.8) is 0 Å². The zero-order valence-electron chi connectivity index (χ0n) is 15.6. The van der Waals surface area contributed by atoms with Gasteiger partial charge in [-0.05, 0) is 32.1 Å². The van der Waals surface area contributed by atoms with Gasteiger partial charge in [0.15, 0.2) is 0 Å². The van der Waals surface area contributed by atoms with Gasteiger partial charge in [-0.2, -0.15) is 0 Å². The van der Waals surface area contributed by atoms with Crippen molar-refractivity contribution in [3.05, 3.63) is 40.4 Å². The number of hydrogen-bond donors (Lipinski definition) is 1. The van der Waals surface area contributed by atoms with Gasteiger partial charge in [0.05, 0.1) is 10.9 Å². The van der Waals surface area contributed by atoms with Crippen molar-refractivity contribution in [2.45, 2.75) is 26.7 Å². The van der Waals surface area contributed by atoms with Crippen molar-refractivity contribution in [2.75, 3.05) is 33.7 Å². The molecule has 25 heavy (non-hydrogen) atoms. The molecule has 0 aliphatic heterocycles. The topological polar surface area (TPSA) is 69.3 Å². The first kappa shape index (κ1) is 19.1. The Morgan fingerprint density at radius 1 is 1.20 bits per heavy atom. The fourth-order valence-corrected chi connectivity index (χ4v) is 2.72. The zero-order chi connectivity index (χ0) is 18.4. The number of aromatic amines is 1. The van der Waals surface area contributed by atoms with E-state index in [-0.39, 0.29) is 11.5 Å². The van der Waals surface area contributed by atoms with Crippen molar-refractivity contribution in [1.82, 2.24) is 19.8 Å². The Kier molecular flexibility index (Phi) is 6.70. The van der Waals surface area contributed by atoms with E-state index in [1.54, 1.807) is 6.07 Å². The van der Waals surface area contributed by atoms with Crippen LogP contribution in [0.15, 0.2) is 29.1 Å². The molecule has 1 aromatic heterocycles. The number of aromatic nitrogens is 2. The van der Waals surface area contributed by atoms with Gasteiger partial charge in [-0.1, -0.05) is 26.0 Å². The normalized spacial score (nSPS) is 11.4. The molecule has 1 aromatic carbocycles. The molecule has 0 saturated carbocycles. The van der Waals surface area contributed by atoms with E-state index in [2.05, 4.69) is 28.7 Å². The molecule has 0 aliphatic carbocycles. The van der Waals surface area contributed by atoms with E-state index in [0.717, 1.165) is 13.1 Å². The number of hydrogen-bond acceptors (Lipinski definition) is 4. The first-order chi connectivity index (χ1) is 11.9. The molecular formula is C19H28N4O2. The van der Waals surface area contributed by atoms with Gasteiger partial charge < -0.3 is 14.8 Å². The SMILES string of the molecule is CC(C)CN(CCN(C)C)C(=O)CCc1nc2ccccc2c(=O)[nH]1. The van der Waals surface area contributed by atoms with Gasteiger partial charge >= 0.3 is 0 Å². The van der Waals surface area contributed by atoms with E-state index in [1.807, 2.05) is 37.2 Å². The number of likely N-dealkylation sites (N-methyl/N-ethyl adjacent to an activating group) is 1. The third-order valence-corrected chi connectivity index (χ3v) is 3.99. The number of aryl methyl sites for hydroxylation is 1. The van der Waals surface area contributed by atoms with Gasteiger partial charge in [-0.3, -0.25) is 9.59 Å². The summed E-state index contributed by atoms with van der Waals surface area (Å²) in [6.07, 6.45) is 0.789. The lowest BCUT2D eigenvalue weighted by atomic mass is 10.1. The van der Waals surface area contributed by atoms with E-state index in [0.29, 0.717) is 42.0 Å². The van der Waals surface area contributed by atoms with Crippen LogP contribution < -0.4 is 5.56 Å². The molecule has 136 valence electrons. The van der Waals surface area contributed by atoms with Crippen LogP contribution in [0.2, 0.25) is 0 Å². The number of carbonyl (C=O) groups is 1. The van der Waals surface area contributed by atoms with Gasteiger partial charge in [0.1, 0.15) is 5.82 Å². The maximum absolute atomic E-state index is 12.6. The third kappa shape index (κ3) is 5.67. The largest absolute Gasteiger partial charge is 0.341 e. The summed E-state index contributed by atoms with van der Waals surface area (Å²) >= 11 is 0. The number of para-hydroxylation sites is 1. The Morgan fingerprint density at radius 3 is 2.60 bits per heavy atom. The summed E-state index contributed by atoms with van der Waals surface area (Å²) in [5.74, 6) is 1.09. The van der Waals surface area contributed by atoms with Crippen LogP contribution in [-0.4, -0.2) is 59.4 Å². The lowest BCUT2D eigenvalue weighted by molar-refractivity contribution is -0.131. The Morgan fingerprint density at radius 2 is 1.92 bits per heavy atom. The molecule has 0 aliphatic rings. The summed E-state index contributed by atoms with van der Waals surface area (Å²) in [5.41, 5.74) is 0.514. The van der Waals surface area contributed by atoms with Gasteiger partial charge in [0.2, 0.25) is 5.91 Å². The van der Waals surface area contributed by atoms with Gasteiger partial charge in [0, 0.05) is 32.5 Å². The number of benzene rings is 1. The van der Waals surface area contributed by atoms with Crippen molar-refractivity contribution in [1.29, 1.82) is 0 Å². The zero-order valence-corrected chi connectivity index (χ0v) is 15.6.